The third-order valence-corrected chi connectivity index (χ3v) is 8.55. The van der Waals surface area contributed by atoms with Gasteiger partial charge in [-0.25, -0.2) is 4.79 Å². The molecule has 4 amide bonds. The quantitative estimate of drug-likeness (QED) is 0.515. The topological polar surface area (TPSA) is 125 Å². The maximum absolute atomic E-state index is 14.0. The number of cyclic esters (lactones) is 1. The smallest absolute Gasteiger partial charge is 0.329 e. The minimum atomic E-state index is -1.16. The van der Waals surface area contributed by atoms with Crippen LogP contribution in [0.3, 0.4) is 0 Å². The van der Waals surface area contributed by atoms with Crippen molar-refractivity contribution in [3.8, 4) is 0 Å². The molecule has 2 N–H and O–H groups in total. The molecule has 0 radical (unpaired) electrons. The highest BCUT2D eigenvalue weighted by molar-refractivity contribution is 5.97. The number of hydrogen-bond donors (Lipinski definition) is 2. The molecule has 2 aromatic carbocycles. The first-order chi connectivity index (χ1) is 20.7. The van der Waals surface area contributed by atoms with Gasteiger partial charge < -0.3 is 25.2 Å². The summed E-state index contributed by atoms with van der Waals surface area (Å²) in [7, 11) is 0. The lowest BCUT2D eigenvalue weighted by Gasteiger charge is -2.31. The van der Waals surface area contributed by atoms with Gasteiger partial charge in [-0.1, -0.05) is 74.5 Å². The van der Waals surface area contributed by atoms with E-state index in [0.29, 0.717) is 38.8 Å². The number of rotatable bonds is 5. The largest absolute Gasteiger partial charge is 0.450 e. The highest BCUT2D eigenvalue weighted by atomic mass is 16.6. The highest BCUT2D eigenvalue weighted by Gasteiger charge is 2.44. The number of fused-ring (bicyclic) bond motifs is 2. The number of amides is 4. The lowest BCUT2D eigenvalue weighted by atomic mass is 10.0. The van der Waals surface area contributed by atoms with Gasteiger partial charge in [0, 0.05) is 25.9 Å². The van der Waals surface area contributed by atoms with Gasteiger partial charge in [-0.3, -0.25) is 19.2 Å². The summed E-state index contributed by atoms with van der Waals surface area (Å²) in [5, 5.41) is 5.80. The first-order valence-corrected chi connectivity index (χ1v) is 15.2. The van der Waals surface area contributed by atoms with Crippen LogP contribution in [0.25, 0.3) is 0 Å². The second kappa shape index (κ2) is 13.4. The van der Waals surface area contributed by atoms with E-state index in [9.17, 15) is 24.0 Å². The Labute approximate surface area is 252 Å². The Hall–Kier alpha value is -4.21. The van der Waals surface area contributed by atoms with E-state index in [-0.39, 0.29) is 30.6 Å². The molecule has 10 heteroatoms. The zero-order valence-corrected chi connectivity index (χ0v) is 24.7. The third-order valence-electron chi connectivity index (χ3n) is 8.55. The van der Waals surface area contributed by atoms with Crippen molar-refractivity contribution in [2.45, 2.75) is 82.6 Å². The van der Waals surface area contributed by atoms with Crippen molar-refractivity contribution in [1.82, 2.24) is 20.4 Å². The van der Waals surface area contributed by atoms with Crippen molar-refractivity contribution >= 4 is 29.6 Å². The highest BCUT2D eigenvalue weighted by Crippen LogP contribution is 2.25. The van der Waals surface area contributed by atoms with Crippen LogP contribution in [0.5, 0.6) is 0 Å². The predicted molar refractivity (Wildman–Crippen MR) is 158 cm³/mol. The van der Waals surface area contributed by atoms with Crippen molar-refractivity contribution in [1.29, 1.82) is 0 Å². The Morgan fingerprint density at radius 2 is 1.16 bits per heavy atom. The van der Waals surface area contributed by atoms with Crippen molar-refractivity contribution in [2.75, 3.05) is 13.1 Å². The molecule has 0 spiro atoms. The summed E-state index contributed by atoms with van der Waals surface area (Å²) in [6.45, 7) is 4.23. The fourth-order valence-corrected chi connectivity index (χ4v) is 6.30. The molecule has 3 aliphatic rings. The summed E-state index contributed by atoms with van der Waals surface area (Å²) in [6, 6.07) is 15.1. The molecular formula is C33H40N4O6. The number of hydrogen-bond acceptors (Lipinski definition) is 6. The lowest BCUT2D eigenvalue weighted by molar-refractivity contribution is -0.165. The molecular weight excluding hydrogens is 548 g/mol. The number of carbonyl (C=O) groups excluding carboxylic acids is 5. The Kier molecular flexibility index (Phi) is 9.43. The van der Waals surface area contributed by atoms with Crippen LogP contribution >= 0.6 is 0 Å². The van der Waals surface area contributed by atoms with E-state index in [1.807, 2.05) is 60.7 Å². The summed E-state index contributed by atoms with van der Waals surface area (Å²) >= 11 is 0. The minimum absolute atomic E-state index is 0.209. The fraction of sp³-hybridized carbons (Fsp3) is 0.485. The van der Waals surface area contributed by atoms with Crippen LogP contribution in [-0.2, 0) is 41.6 Å². The zero-order valence-electron chi connectivity index (χ0n) is 24.7. The number of carbonyl (C=O) groups is 5. The van der Waals surface area contributed by atoms with Gasteiger partial charge >= 0.3 is 5.97 Å². The number of esters is 1. The van der Waals surface area contributed by atoms with Crippen molar-refractivity contribution in [3.05, 3.63) is 71.8 Å². The minimum Gasteiger partial charge on any atom is -0.450 e. The molecule has 0 aromatic heterocycles. The molecule has 43 heavy (non-hydrogen) atoms. The second-order valence-electron chi connectivity index (χ2n) is 12.0. The number of nitrogens with one attached hydrogen (secondary N) is 2. The SMILES string of the molecule is CC(C)[C@@H]1OC(=O)[C@H]2CCCN2C(=O)[C@H](Cc2ccccc2)NC(=O)[C@@H]2CCCN2C(=O)[C@H](Cc2ccccc2)NC1=O. The molecule has 228 valence electrons. The molecule has 0 saturated carbocycles. The second-order valence-corrected chi connectivity index (χ2v) is 12.0. The zero-order chi connectivity index (χ0) is 30.5. The number of nitrogens with zero attached hydrogens (tertiary/aromatic N) is 2. The van der Waals surface area contributed by atoms with E-state index in [0.717, 1.165) is 11.1 Å². The molecule has 3 saturated heterocycles. The van der Waals surface area contributed by atoms with E-state index in [4.69, 9.17) is 4.74 Å². The normalized spacial score (nSPS) is 27.1. The molecule has 2 aromatic rings. The summed E-state index contributed by atoms with van der Waals surface area (Å²) in [5.41, 5.74) is 1.70. The first kappa shape index (κ1) is 30.3. The first-order valence-electron chi connectivity index (χ1n) is 15.2. The third kappa shape index (κ3) is 6.89. The molecule has 0 unspecified atom stereocenters. The predicted octanol–water partition coefficient (Wildman–Crippen LogP) is 2.00. The van der Waals surface area contributed by atoms with E-state index < -0.39 is 48.1 Å². The standard InChI is InChI=1S/C33H40N4O6/c1-21(2)28-30(39)35-25(20-23-13-7-4-8-14-23)31(40)36-17-9-15-26(36)29(38)34-24(19-22-11-5-3-6-12-22)32(41)37-18-10-16-27(37)33(42)43-28/h3-8,11-14,21,24-28H,9-10,15-20H2,1-2H3,(H,34,38)(H,35,39)/t24-,25-,26-,27+,28-/m0/s1. The van der Waals surface area contributed by atoms with E-state index in [2.05, 4.69) is 10.6 Å². The Morgan fingerprint density at radius 3 is 1.67 bits per heavy atom. The van der Waals surface area contributed by atoms with Crippen LogP contribution in [0.1, 0.15) is 50.7 Å². The van der Waals surface area contributed by atoms with E-state index in [1.54, 1.807) is 13.8 Å². The summed E-state index contributed by atoms with van der Waals surface area (Å²) in [6.07, 6.45) is 1.34. The molecule has 5 rings (SSSR count). The molecule has 0 aliphatic carbocycles. The molecule has 5 atom stereocenters. The fourth-order valence-electron chi connectivity index (χ4n) is 6.30. The van der Waals surface area contributed by atoms with Crippen LogP contribution in [0.2, 0.25) is 0 Å². The van der Waals surface area contributed by atoms with Gasteiger partial charge in [0.2, 0.25) is 17.7 Å². The Balaban J connectivity index is 1.52. The van der Waals surface area contributed by atoms with Gasteiger partial charge in [0.05, 0.1) is 0 Å². The Bertz CT molecular complexity index is 1290. The monoisotopic (exact) mass is 588 g/mol. The van der Waals surface area contributed by atoms with Gasteiger partial charge in [-0.05, 0) is 42.7 Å². The summed E-state index contributed by atoms with van der Waals surface area (Å²) in [5.74, 6) is -2.80. The molecule has 10 nitrogen and oxygen atoms in total. The van der Waals surface area contributed by atoms with Crippen molar-refractivity contribution < 1.29 is 28.7 Å². The van der Waals surface area contributed by atoms with Gasteiger partial charge in [0.25, 0.3) is 5.91 Å². The average molecular weight is 589 g/mol. The number of ether oxygens (including phenoxy) is 1. The molecule has 3 heterocycles. The van der Waals surface area contributed by atoms with Crippen LogP contribution in [-0.4, -0.2) is 82.8 Å². The lowest BCUT2D eigenvalue weighted by Crippen LogP contribution is -2.58. The number of benzene rings is 2. The van der Waals surface area contributed by atoms with Crippen LogP contribution in [0.4, 0.5) is 0 Å². The summed E-state index contributed by atoms with van der Waals surface area (Å²) in [4.78, 5) is 72.0. The maximum atomic E-state index is 14.0. The summed E-state index contributed by atoms with van der Waals surface area (Å²) < 4.78 is 5.80. The Morgan fingerprint density at radius 1 is 0.698 bits per heavy atom. The van der Waals surface area contributed by atoms with Gasteiger partial charge in [-0.15, -0.1) is 0 Å². The average Bonchev–Trinajstić information content (AvgIpc) is 3.69. The maximum Gasteiger partial charge on any atom is 0.329 e. The molecule has 0 bridgehead atoms. The van der Waals surface area contributed by atoms with E-state index >= 15 is 0 Å². The van der Waals surface area contributed by atoms with E-state index in [1.165, 1.54) is 9.80 Å². The van der Waals surface area contributed by atoms with Gasteiger partial charge in [0.1, 0.15) is 24.2 Å². The van der Waals surface area contributed by atoms with Crippen LogP contribution < -0.4 is 10.6 Å². The van der Waals surface area contributed by atoms with Crippen LogP contribution in [0, 0.1) is 5.92 Å². The van der Waals surface area contributed by atoms with Gasteiger partial charge in [-0.2, -0.15) is 0 Å². The van der Waals surface area contributed by atoms with Crippen molar-refractivity contribution in [3.63, 3.8) is 0 Å². The van der Waals surface area contributed by atoms with Crippen LogP contribution in [0.15, 0.2) is 60.7 Å². The molecule has 3 aliphatic heterocycles. The van der Waals surface area contributed by atoms with Crippen molar-refractivity contribution in [2.24, 2.45) is 5.92 Å². The van der Waals surface area contributed by atoms with Gasteiger partial charge in [0.15, 0.2) is 6.10 Å². The molecule has 3 fully saturated rings.